The van der Waals surface area contributed by atoms with Crippen molar-refractivity contribution in [2.45, 2.75) is 4.34 Å². The maximum Gasteiger partial charge on any atom is 0.255 e. The fourth-order valence-electron chi connectivity index (χ4n) is 2.85. The third kappa shape index (κ3) is 5.59. The molecular formula is C23H18ClN3O3S2. The van der Waals surface area contributed by atoms with E-state index in [1.54, 1.807) is 55.6 Å². The number of thioether (sulfide) groups is 1. The van der Waals surface area contributed by atoms with Crippen molar-refractivity contribution in [1.82, 2.24) is 4.98 Å². The molecule has 1 aromatic heterocycles. The number of fused-ring (bicyclic) bond motifs is 1. The Hall–Kier alpha value is -3.07. The molecule has 0 bridgehead atoms. The summed E-state index contributed by atoms with van der Waals surface area (Å²) in [5.41, 5.74) is 2.60. The number of halogens is 1. The average molecular weight is 484 g/mol. The first-order valence-electron chi connectivity index (χ1n) is 9.54. The number of hydrogen-bond donors (Lipinski definition) is 2. The molecule has 0 radical (unpaired) electrons. The van der Waals surface area contributed by atoms with Gasteiger partial charge in [-0.2, -0.15) is 0 Å². The van der Waals surface area contributed by atoms with Crippen LogP contribution in [0, 0.1) is 0 Å². The molecule has 0 spiro atoms. The summed E-state index contributed by atoms with van der Waals surface area (Å²) in [6.07, 6.45) is 0. The van der Waals surface area contributed by atoms with E-state index in [4.69, 9.17) is 16.3 Å². The zero-order chi connectivity index (χ0) is 22.5. The number of benzene rings is 3. The molecule has 4 aromatic rings. The van der Waals surface area contributed by atoms with E-state index in [-0.39, 0.29) is 17.6 Å². The van der Waals surface area contributed by atoms with E-state index in [0.717, 1.165) is 14.6 Å². The van der Waals surface area contributed by atoms with E-state index in [2.05, 4.69) is 15.6 Å². The fourth-order valence-corrected chi connectivity index (χ4v) is 4.86. The summed E-state index contributed by atoms with van der Waals surface area (Å²) in [7, 11) is 1.59. The van der Waals surface area contributed by atoms with Crippen LogP contribution in [0.3, 0.4) is 0 Å². The second kappa shape index (κ2) is 10.0. The molecule has 0 aliphatic rings. The number of ether oxygens (including phenoxy) is 1. The van der Waals surface area contributed by atoms with Crippen molar-refractivity contribution in [2.75, 3.05) is 23.5 Å². The summed E-state index contributed by atoms with van der Waals surface area (Å²) in [5, 5.41) is 6.29. The Bertz CT molecular complexity index is 1260. The van der Waals surface area contributed by atoms with Gasteiger partial charge in [0.15, 0.2) is 4.34 Å². The van der Waals surface area contributed by atoms with E-state index in [9.17, 15) is 9.59 Å². The SMILES string of the molecule is COc1ccc(NC(=O)c2ccc(NC(=O)CSc3nc4cc(Cl)ccc4s3)cc2)cc1. The molecule has 0 aliphatic carbocycles. The van der Waals surface area contributed by atoms with Crippen molar-refractivity contribution < 1.29 is 14.3 Å². The summed E-state index contributed by atoms with van der Waals surface area (Å²) >= 11 is 8.89. The van der Waals surface area contributed by atoms with Crippen LogP contribution >= 0.6 is 34.7 Å². The molecule has 0 aliphatic heterocycles. The predicted molar refractivity (Wildman–Crippen MR) is 131 cm³/mol. The van der Waals surface area contributed by atoms with Crippen LogP contribution < -0.4 is 15.4 Å². The lowest BCUT2D eigenvalue weighted by atomic mass is 10.2. The van der Waals surface area contributed by atoms with Crippen LogP contribution in [0.15, 0.2) is 71.1 Å². The molecule has 0 fully saturated rings. The molecule has 6 nitrogen and oxygen atoms in total. The number of anilines is 2. The highest BCUT2D eigenvalue weighted by molar-refractivity contribution is 8.01. The fraction of sp³-hybridized carbons (Fsp3) is 0.0870. The Morgan fingerprint density at radius 3 is 2.41 bits per heavy atom. The molecule has 4 rings (SSSR count). The van der Waals surface area contributed by atoms with Crippen molar-refractivity contribution >= 4 is 68.1 Å². The van der Waals surface area contributed by atoms with Gasteiger partial charge in [-0.05, 0) is 66.7 Å². The Morgan fingerprint density at radius 1 is 1.00 bits per heavy atom. The highest BCUT2D eigenvalue weighted by Crippen LogP contribution is 2.31. The number of nitrogens with one attached hydrogen (secondary N) is 2. The molecule has 1 heterocycles. The zero-order valence-electron chi connectivity index (χ0n) is 16.9. The van der Waals surface area contributed by atoms with Crippen molar-refractivity contribution in [3.05, 3.63) is 77.3 Å². The third-order valence-electron chi connectivity index (χ3n) is 4.44. The van der Waals surface area contributed by atoms with Crippen LogP contribution in [0.5, 0.6) is 5.75 Å². The van der Waals surface area contributed by atoms with Crippen LogP contribution in [0.2, 0.25) is 5.02 Å². The van der Waals surface area contributed by atoms with Gasteiger partial charge < -0.3 is 15.4 Å². The number of nitrogens with zero attached hydrogens (tertiary/aromatic N) is 1. The minimum atomic E-state index is -0.237. The number of rotatable bonds is 7. The van der Waals surface area contributed by atoms with E-state index in [1.165, 1.54) is 23.1 Å². The molecular weight excluding hydrogens is 466 g/mol. The molecule has 9 heteroatoms. The summed E-state index contributed by atoms with van der Waals surface area (Å²) < 4.78 is 6.94. The van der Waals surface area contributed by atoms with Crippen molar-refractivity contribution in [3.8, 4) is 5.75 Å². The maximum absolute atomic E-state index is 12.4. The quantitative estimate of drug-likeness (QED) is 0.318. The molecule has 0 atom stereocenters. The van der Waals surface area contributed by atoms with E-state index in [0.29, 0.717) is 27.7 Å². The number of amides is 2. The third-order valence-corrected chi connectivity index (χ3v) is 6.85. The first kappa shape index (κ1) is 22.1. The van der Waals surface area contributed by atoms with Crippen LogP contribution in [-0.2, 0) is 4.79 Å². The van der Waals surface area contributed by atoms with Crippen molar-refractivity contribution in [2.24, 2.45) is 0 Å². The zero-order valence-corrected chi connectivity index (χ0v) is 19.3. The first-order chi connectivity index (χ1) is 15.5. The van der Waals surface area contributed by atoms with Crippen LogP contribution in [0.25, 0.3) is 10.2 Å². The summed E-state index contributed by atoms with van der Waals surface area (Å²) in [6.45, 7) is 0. The topological polar surface area (TPSA) is 80.3 Å². The van der Waals surface area contributed by atoms with Gasteiger partial charge in [0.2, 0.25) is 5.91 Å². The van der Waals surface area contributed by atoms with Crippen molar-refractivity contribution in [1.29, 1.82) is 0 Å². The molecule has 0 saturated heterocycles. The van der Waals surface area contributed by atoms with E-state index in [1.807, 2.05) is 18.2 Å². The number of carbonyl (C=O) groups is 2. The number of aromatic nitrogens is 1. The normalized spacial score (nSPS) is 10.7. The molecule has 2 N–H and O–H groups in total. The van der Waals surface area contributed by atoms with E-state index >= 15 is 0 Å². The average Bonchev–Trinajstić information content (AvgIpc) is 3.20. The molecule has 32 heavy (non-hydrogen) atoms. The molecule has 162 valence electrons. The highest BCUT2D eigenvalue weighted by atomic mass is 35.5. The second-order valence-corrected chi connectivity index (χ2v) is 9.38. The maximum atomic E-state index is 12.4. The summed E-state index contributed by atoms with van der Waals surface area (Å²) in [4.78, 5) is 29.2. The lowest BCUT2D eigenvalue weighted by Gasteiger charge is -2.08. The minimum Gasteiger partial charge on any atom is -0.497 e. The Morgan fingerprint density at radius 2 is 1.69 bits per heavy atom. The molecule has 3 aromatic carbocycles. The number of hydrogen-bond acceptors (Lipinski definition) is 6. The Kier molecular flexibility index (Phi) is 6.94. The van der Waals surface area contributed by atoms with Gasteiger partial charge in [0.25, 0.3) is 5.91 Å². The molecule has 0 unspecified atom stereocenters. The highest BCUT2D eigenvalue weighted by Gasteiger charge is 2.10. The molecule has 2 amide bonds. The number of thiazole rings is 1. The number of methoxy groups -OCH3 is 1. The van der Waals surface area contributed by atoms with Crippen LogP contribution in [0.1, 0.15) is 10.4 Å². The van der Waals surface area contributed by atoms with Gasteiger partial charge in [0.05, 0.1) is 23.1 Å². The minimum absolute atomic E-state index is 0.150. The van der Waals surface area contributed by atoms with Crippen LogP contribution in [0.4, 0.5) is 11.4 Å². The van der Waals surface area contributed by atoms with Gasteiger partial charge in [-0.25, -0.2) is 4.98 Å². The van der Waals surface area contributed by atoms with Gasteiger partial charge in [-0.15, -0.1) is 11.3 Å². The predicted octanol–water partition coefficient (Wildman–Crippen LogP) is 5.94. The summed E-state index contributed by atoms with van der Waals surface area (Å²) in [6, 6.07) is 19.4. The van der Waals surface area contributed by atoms with Gasteiger partial charge in [-0.1, -0.05) is 23.4 Å². The molecule has 0 saturated carbocycles. The van der Waals surface area contributed by atoms with Crippen molar-refractivity contribution in [3.63, 3.8) is 0 Å². The number of carbonyl (C=O) groups excluding carboxylic acids is 2. The Balaban J connectivity index is 1.30. The largest absolute Gasteiger partial charge is 0.497 e. The van der Waals surface area contributed by atoms with E-state index < -0.39 is 0 Å². The van der Waals surface area contributed by atoms with Gasteiger partial charge in [-0.3, -0.25) is 9.59 Å². The standard InChI is InChI=1S/C23H18ClN3O3S2/c1-30-18-9-7-17(8-10-18)26-22(29)14-2-5-16(6-3-14)25-21(28)13-31-23-27-19-12-15(24)4-11-20(19)32-23/h2-12H,13H2,1H3,(H,25,28)(H,26,29). The van der Waals surface area contributed by atoms with Gasteiger partial charge >= 0.3 is 0 Å². The lowest BCUT2D eigenvalue weighted by molar-refractivity contribution is -0.113. The van der Waals surface area contributed by atoms with Crippen LogP contribution in [-0.4, -0.2) is 29.7 Å². The first-order valence-corrected chi connectivity index (χ1v) is 11.7. The monoisotopic (exact) mass is 483 g/mol. The van der Waals surface area contributed by atoms with Gasteiger partial charge in [0, 0.05) is 22.0 Å². The Labute approximate surface area is 198 Å². The second-order valence-electron chi connectivity index (χ2n) is 6.69. The smallest absolute Gasteiger partial charge is 0.255 e. The lowest BCUT2D eigenvalue weighted by Crippen LogP contribution is -2.15. The van der Waals surface area contributed by atoms with Gasteiger partial charge in [0.1, 0.15) is 5.75 Å². The summed E-state index contributed by atoms with van der Waals surface area (Å²) in [5.74, 6) is 0.559.